The van der Waals surface area contributed by atoms with Crippen LogP contribution in [0.3, 0.4) is 0 Å². The van der Waals surface area contributed by atoms with Crippen LogP contribution in [-0.2, 0) is 4.79 Å². The Kier molecular flexibility index (Phi) is 5.09. The van der Waals surface area contributed by atoms with E-state index >= 15 is 0 Å². The Morgan fingerprint density at radius 1 is 1.12 bits per heavy atom. The Morgan fingerprint density at radius 2 is 1.88 bits per heavy atom. The summed E-state index contributed by atoms with van der Waals surface area (Å²) in [6, 6.07) is 11.3. The summed E-state index contributed by atoms with van der Waals surface area (Å²) in [6.45, 7) is 1.75. The smallest absolute Gasteiger partial charge is 0.290 e. The molecule has 2 aromatic carbocycles. The molecular weight excluding hydrogens is 358 g/mol. The number of anilines is 2. The van der Waals surface area contributed by atoms with E-state index in [4.69, 9.17) is 9.90 Å². The number of carboxylic acid groups (broad SMARTS) is 1. The minimum Gasteiger partial charge on any atom is -0.483 e. The normalized spacial score (nSPS) is 10.4. The fraction of sp³-hybridized carbons (Fsp3) is 0.0526. The van der Waals surface area contributed by atoms with Gasteiger partial charge in [-0.3, -0.25) is 4.79 Å². The number of aryl methyl sites for hydroxylation is 1. The lowest BCUT2D eigenvalue weighted by molar-refractivity contribution is -0.122. The number of rotatable bonds is 2. The summed E-state index contributed by atoms with van der Waals surface area (Å²) in [7, 11) is 0. The van der Waals surface area contributed by atoms with Gasteiger partial charge in [-0.15, -0.1) is 11.3 Å². The quantitative estimate of drug-likeness (QED) is 0.457. The highest BCUT2D eigenvalue weighted by Crippen LogP contribution is 2.35. The number of halogens is 2. The third kappa shape index (κ3) is 3.48. The van der Waals surface area contributed by atoms with Crippen molar-refractivity contribution in [2.45, 2.75) is 6.92 Å². The van der Waals surface area contributed by atoms with Crippen molar-refractivity contribution >= 4 is 50.3 Å². The summed E-state index contributed by atoms with van der Waals surface area (Å²) in [5.41, 5.74) is 2.01. The molecule has 4 aromatic rings. The number of benzene rings is 2. The average Bonchev–Trinajstić information content (AvgIpc) is 3.09. The minimum atomic E-state index is -0.513. The average molecular weight is 372 g/mol. The van der Waals surface area contributed by atoms with E-state index in [9.17, 15) is 8.78 Å². The molecule has 2 aromatic heterocycles. The molecule has 0 atom stereocenters. The first-order valence-corrected chi connectivity index (χ1v) is 8.49. The Labute approximate surface area is 151 Å². The molecule has 4 rings (SSSR count). The van der Waals surface area contributed by atoms with Crippen LogP contribution in [0.1, 0.15) is 5.56 Å². The molecule has 0 unspecified atom stereocenters. The van der Waals surface area contributed by atoms with E-state index in [1.807, 2.05) is 36.6 Å². The summed E-state index contributed by atoms with van der Waals surface area (Å²) in [6.07, 6.45) is 0. The molecule has 2 heterocycles. The van der Waals surface area contributed by atoms with Gasteiger partial charge in [0.15, 0.2) is 0 Å². The fourth-order valence-corrected chi connectivity index (χ4v) is 3.56. The van der Waals surface area contributed by atoms with Gasteiger partial charge in [0.2, 0.25) is 0 Å². The first-order chi connectivity index (χ1) is 12.5. The molecule has 4 nitrogen and oxygen atoms in total. The SMILES string of the molecule is Cc1ccc2c(c1)nc(Nc1cc(F)ccc1F)c1ccsc12.O=CO. The van der Waals surface area contributed by atoms with Crippen molar-refractivity contribution in [3.8, 4) is 0 Å². The van der Waals surface area contributed by atoms with Crippen LogP contribution in [0.15, 0.2) is 47.8 Å². The molecule has 0 bridgehead atoms. The van der Waals surface area contributed by atoms with Gasteiger partial charge in [-0.25, -0.2) is 13.8 Å². The van der Waals surface area contributed by atoms with Crippen LogP contribution in [0.5, 0.6) is 0 Å². The van der Waals surface area contributed by atoms with Crippen LogP contribution in [0.4, 0.5) is 20.3 Å². The van der Waals surface area contributed by atoms with Crippen molar-refractivity contribution in [1.29, 1.82) is 0 Å². The molecule has 0 amide bonds. The first kappa shape index (κ1) is 17.8. The van der Waals surface area contributed by atoms with Gasteiger partial charge in [-0.1, -0.05) is 12.1 Å². The summed E-state index contributed by atoms with van der Waals surface area (Å²) in [5.74, 6) is -0.475. The van der Waals surface area contributed by atoms with Crippen LogP contribution in [-0.4, -0.2) is 16.6 Å². The van der Waals surface area contributed by atoms with Gasteiger partial charge in [-0.2, -0.15) is 0 Å². The van der Waals surface area contributed by atoms with E-state index < -0.39 is 11.6 Å². The van der Waals surface area contributed by atoms with E-state index in [0.29, 0.717) is 5.82 Å². The largest absolute Gasteiger partial charge is 0.483 e. The predicted molar refractivity (Wildman–Crippen MR) is 100 cm³/mol. The molecule has 0 saturated carbocycles. The van der Waals surface area contributed by atoms with E-state index in [2.05, 4.69) is 10.3 Å². The summed E-state index contributed by atoms with van der Waals surface area (Å²) < 4.78 is 28.4. The summed E-state index contributed by atoms with van der Waals surface area (Å²) >= 11 is 1.61. The highest BCUT2D eigenvalue weighted by molar-refractivity contribution is 7.18. The van der Waals surface area contributed by atoms with E-state index in [-0.39, 0.29) is 12.2 Å². The second-order valence-corrected chi connectivity index (χ2v) is 6.42. The second kappa shape index (κ2) is 7.45. The van der Waals surface area contributed by atoms with Crippen LogP contribution < -0.4 is 5.32 Å². The molecule has 0 fully saturated rings. The van der Waals surface area contributed by atoms with Crippen LogP contribution in [0, 0.1) is 18.6 Å². The zero-order chi connectivity index (χ0) is 18.7. The number of carbonyl (C=O) groups is 1. The van der Waals surface area contributed by atoms with Crippen LogP contribution >= 0.6 is 11.3 Å². The van der Waals surface area contributed by atoms with Gasteiger partial charge >= 0.3 is 0 Å². The maximum absolute atomic E-state index is 13.9. The highest BCUT2D eigenvalue weighted by Gasteiger charge is 2.12. The Morgan fingerprint density at radius 3 is 2.65 bits per heavy atom. The van der Waals surface area contributed by atoms with Gasteiger partial charge in [0.05, 0.1) is 11.2 Å². The van der Waals surface area contributed by atoms with Crippen molar-refractivity contribution in [2.24, 2.45) is 0 Å². The number of fused-ring (bicyclic) bond motifs is 3. The maximum Gasteiger partial charge on any atom is 0.290 e. The topological polar surface area (TPSA) is 62.2 Å². The molecular formula is C19H14F2N2O2S. The number of nitrogens with zero attached hydrogens (tertiary/aromatic N) is 1. The van der Waals surface area contributed by atoms with Crippen LogP contribution in [0.2, 0.25) is 0 Å². The molecule has 7 heteroatoms. The van der Waals surface area contributed by atoms with Gasteiger partial charge in [0, 0.05) is 21.5 Å². The molecule has 0 saturated heterocycles. The Balaban J connectivity index is 0.000000613. The molecule has 0 aliphatic rings. The zero-order valence-electron chi connectivity index (χ0n) is 13.7. The van der Waals surface area contributed by atoms with E-state index in [1.165, 1.54) is 0 Å². The van der Waals surface area contributed by atoms with E-state index in [0.717, 1.165) is 44.8 Å². The van der Waals surface area contributed by atoms with Crippen LogP contribution in [0.25, 0.3) is 21.0 Å². The maximum atomic E-state index is 13.9. The van der Waals surface area contributed by atoms with Gasteiger partial charge in [-0.05, 0) is 42.1 Å². The predicted octanol–water partition coefficient (Wildman–Crippen LogP) is 5.48. The zero-order valence-corrected chi connectivity index (χ0v) is 14.5. The Bertz CT molecular complexity index is 1100. The summed E-state index contributed by atoms with van der Waals surface area (Å²) in [5, 5.41) is 13.8. The molecule has 2 N–H and O–H groups in total. The first-order valence-electron chi connectivity index (χ1n) is 7.61. The Hall–Kier alpha value is -3.06. The lowest BCUT2D eigenvalue weighted by Gasteiger charge is -2.10. The third-order valence-corrected chi connectivity index (χ3v) is 4.68. The monoisotopic (exact) mass is 372 g/mol. The standard InChI is InChI=1S/C18H12F2N2S.CH2O2/c1-10-2-4-12-15(8-10)21-18(13-6-7-23-17(12)13)22-16-9-11(19)3-5-14(16)20;2-1-3/h2-9H,1H3,(H,21,22);1H,(H,2,3). The second-order valence-electron chi connectivity index (χ2n) is 5.50. The molecule has 0 aliphatic carbocycles. The van der Waals surface area contributed by atoms with Crippen molar-refractivity contribution in [1.82, 2.24) is 4.98 Å². The lowest BCUT2D eigenvalue weighted by Crippen LogP contribution is -1.98. The fourth-order valence-electron chi connectivity index (χ4n) is 2.63. The minimum absolute atomic E-state index is 0.0806. The third-order valence-electron chi connectivity index (χ3n) is 3.73. The lowest BCUT2D eigenvalue weighted by atomic mass is 10.1. The molecule has 132 valence electrons. The van der Waals surface area contributed by atoms with Crippen molar-refractivity contribution in [3.63, 3.8) is 0 Å². The van der Waals surface area contributed by atoms with Crippen molar-refractivity contribution in [3.05, 3.63) is 65.0 Å². The number of hydrogen-bond acceptors (Lipinski definition) is 4. The van der Waals surface area contributed by atoms with Crippen molar-refractivity contribution in [2.75, 3.05) is 5.32 Å². The number of thiophene rings is 1. The number of nitrogens with one attached hydrogen (secondary N) is 1. The number of hydrogen-bond donors (Lipinski definition) is 2. The summed E-state index contributed by atoms with van der Waals surface area (Å²) in [4.78, 5) is 13.0. The van der Waals surface area contributed by atoms with Gasteiger partial charge < -0.3 is 10.4 Å². The highest BCUT2D eigenvalue weighted by atomic mass is 32.1. The molecule has 0 spiro atoms. The molecule has 0 radical (unpaired) electrons. The number of pyridine rings is 1. The number of aromatic nitrogens is 1. The molecule has 0 aliphatic heterocycles. The molecule has 26 heavy (non-hydrogen) atoms. The van der Waals surface area contributed by atoms with Crippen molar-refractivity contribution < 1.29 is 18.7 Å². The van der Waals surface area contributed by atoms with Gasteiger partial charge in [0.1, 0.15) is 17.5 Å². The van der Waals surface area contributed by atoms with Gasteiger partial charge in [0.25, 0.3) is 6.47 Å². The van der Waals surface area contributed by atoms with E-state index in [1.54, 1.807) is 11.3 Å².